The van der Waals surface area contributed by atoms with Gasteiger partial charge < -0.3 is 4.74 Å². The highest BCUT2D eigenvalue weighted by molar-refractivity contribution is 7.90. The summed E-state index contributed by atoms with van der Waals surface area (Å²) in [7, 11) is -2.00. The van der Waals surface area contributed by atoms with Crippen molar-refractivity contribution in [1.82, 2.24) is 0 Å². The number of carbonyl (C=O) groups is 3. The first-order valence-corrected chi connectivity index (χ1v) is 10.5. The van der Waals surface area contributed by atoms with Gasteiger partial charge in [0.25, 0.3) is 5.91 Å². The first kappa shape index (κ1) is 20.5. The van der Waals surface area contributed by atoms with Crippen molar-refractivity contribution in [2.24, 2.45) is 0 Å². The van der Waals surface area contributed by atoms with Gasteiger partial charge in [0.15, 0.2) is 15.6 Å². The highest BCUT2D eigenvalue weighted by atomic mass is 32.2. The quantitative estimate of drug-likeness (QED) is 0.434. The minimum absolute atomic E-state index is 0.129. The van der Waals surface area contributed by atoms with Crippen LogP contribution in [0.5, 0.6) is 0 Å². The second-order valence-corrected chi connectivity index (χ2v) is 8.67. The van der Waals surface area contributed by atoms with Crippen molar-refractivity contribution >= 4 is 44.5 Å². The Hall–Kier alpha value is -3.26. The molecule has 0 radical (unpaired) electrons. The third-order valence-corrected chi connectivity index (χ3v) is 5.75. The lowest BCUT2D eigenvalue weighted by Crippen LogP contribution is -2.31. The van der Waals surface area contributed by atoms with E-state index >= 15 is 0 Å². The number of fused-ring (bicyclic) bond motifs is 1. The van der Waals surface area contributed by atoms with Gasteiger partial charge in [0.2, 0.25) is 5.91 Å². The van der Waals surface area contributed by atoms with E-state index in [1.807, 2.05) is 0 Å². The van der Waals surface area contributed by atoms with Gasteiger partial charge in [-0.05, 0) is 49.4 Å². The summed E-state index contributed by atoms with van der Waals surface area (Å²) in [6.07, 6.45) is 1.10. The molecule has 1 aliphatic heterocycles. The maximum absolute atomic E-state index is 13.1. The molecule has 2 aromatic carbocycles. The van der Waals surface area contributed by atoms with Gasteiger partial charge >= 0.3 is 0 Å². The smallest absolute Gasteiger partial charge is 0.269 e. The Morgan fingerprint density at radius 1 is 0.966 bits per heavy atom. The van der Waals surface area contributed by atoms with Gasteiger partial charge in [0.1, 0.15) is 5.76 Å². The van der Waals surface area contributed by atoms with E-state index < -0.39 is 21.7 Å². The Balaban J connectivity index is 2.27. The minimum Gasteiger partial charge on any atom is -0.495 e. The summed E-state index contributed by atoms with van der Waals surface area (Å²) in [5.41, 5.74) is 1.76. The zero-order valence-corrected chi connectivity index (χ0v) is 17.2. The number of imide groups is 1. The first-order valence-electron chi connectivity index (χ1n) is 8.65. The predicted octanol–water partition coefficient (Wildman–Crippen LogP) is 2.70. The molecule has 0 saturated heterocycles. The molecule has 0 unspecified atom stereocenters. The number of nitrogens with zero attached hydrogens (tertiary/aromatic N) is 1. The minimum atomic E-state index is -3.38. The third-order valence-electron chi connectivity index (χ3n) is 4.62. The molecule has 1 aliphatic rings. The number of hydrogen-bond acceptors (Lipinski definition) is 6. The van der Waals surface area contributed by atoms with Gasteiger partial charge in [-0.2, -0.15) is 0 Å². The Morgan fingerprint density at radius 3 is 2.03 bits per heavy atom. The van der Waals surface area contributed by atoms with Crippen LogP contribution in [0, 0.1) is 0 Å². The third kappa shape index (κ3) is 3.58. The van der Waals surface area contributed by atoms with Crippen LogP contribution in [0.25, 0.3) is 11.3 Å². The maximum atomic E-state index is 13.1. The van der Waals surface area contributed by atoms with Crippen LogP contribution in [0.15, 0.2) is 47.4 Å². The Labute approximate surface area is 168 Å². The lowest BCUT2D eigenvalue weighted by molar-refractivity contribution is -0.122. The molecule has 2 aromatic rings. The molecular formula is C21H19NO6S. The van der Waals surface area contributed by atoms with Gasteiger partial charge in [-0.3, -0.25) is 14.4 Å². The van der Waals surface area contributed by atoms with Gasteiger partial charge in [-0.25, -0.2) is 13.3 Å². The van der Waals surface area contributed by atoms with Crippen LogP contribution >= 0.6 is 0 Å². The van der Waals surface area contributed by atoms with Crippen molar-refractivity contribution in [3.05, 3.63) is 59.2 Å². The number of benzene rings is 2. The Bertz CT molecular complexity index is 1180. The van der Waals surface area contributed by atoms with E-state index in [1.54, 1.807) is 18.2 Å². The van der Waals surface area contributed by atoms with Crippen molar-refractivity contribution in [1.29, 1.82) is 0 Å². The number of carbonyl (C=O) groups excluding carboxylic acids is 3. The van der Waals surface area contributed by atoms with Crippen LogP contribution in [-0.2, 0) is 24.2 Å². The summed E-state index contributed by atoms with van der Waals surface area (Å²) in [5.74, 6) is -1.04. The molecule has 0 aromatic heterocycles. The summed E-state index contributed by atoms with van der Waals surface area (Å²) in [4.78, 5) is 38.1. The second kappa shape index (κ2) is 7.29. The van der Waals surface area contributed by atoms with Crippen molar-refractivity contribution in [2.45, 2.75) is 18.7 Å². The van der Waals surface area contributed by atoms with E-state index in [0.717, 1.165) is 11.2 Å². The fourth-order valence-electron chi connectivity index (χ4n) is 3.24. The number of methoxy groups -OCH3 is 1. The highest BCUT2D eigenvalue weighted by Crippen LogP contribution is 2.41. The number of sulfone groups is 1. The van der Waals surface area contributed by atoms with Crippen LogP contribution in [0.1, 0.15) is 35.3 Å². The van der Waals surface area contributed by atoms with E-state index in [2.05, 4.69) is 0 Å². The van der Waals surface area contributed by atoms with E-state index in [0.29, 0.717) is 22.4 Å². The number of Topliss-reactive ketones (excluding diaryl/α,β-unsaturated/α-hetero) is 1. The molecule has 0 bridgehead atoms. The number of ether oxygens (including phenoxy) is 1. The number of amides is 2. The summed E-state index contributed by atoms with van der Waals surface area (Å²) in [6.45, 7) is 2.68. The zero-order valence-electron chi connectivity index (χ0n) is 16.3. The van der Waals surface area contributed by atoms with Crippen LogP contribution in [-0.4, -0.2) is 39.4 Å². The molecule has 0 spiro atoms. The summed E-state index contributed by atoms with van der Waals surface area (Å²) in [5, 5.41) is 0. The largest absolute Gasteiger partial charge is 0.495 e. The summed E-state index contributed by atoms with van der Waals surface area (Å²) in [6, 6.07) is 10.6. The predicted molar refractivity (Wildman–Crippen MR) is 108 cm³/mol. The number of ketones is 1. The van der Waals surface area contributed by atoms with Crippen molar-refractivity contribution in [2.75, 3.05) is 18.3 Å². The molecule has 2 amide bonds. The Morgan fingerprint density at radius 2 is 1.55 bits per heavy atom. The van der Waals surface area contributed by atoms with Gasteiger partial charge in [-0.15, -0.1) is 0 Å². The first-order chi connectivity index (χ1) is 13.6. The van der Waals surface area contributed by atoms with Crippen LogP contribution in [0.3, 0.4) is 0 Å². The van der Waals surface area contributed by atoms with Crippen LogP contribution in [0.4, 0.5) is 5.69 Å². The second-order valence-electron chi connectivity index (χ2n) is 6.65. The number of anilines is 1. The zero-order chi connectivity index (χ0) is 21.5. The lowest BCUT2D eigenvalue weighted by Gasteiger charge is -2.13. The molecule has 29 heavy (non-hydrogen) atoms. The van der Waals surface area contributed by atoms with Crippen molar-refractivity contribution in [3.8, 4) is 0 Å². The van der Waals surface area contributed by atoms with Gasteiger partial charge in [0.05, 0.1) is 23.3 Å². The van der Waals surface area contributed by atoms with Crippen molar-refractivity contribution < 1.29 is 27.5 Å². The maximum Gasteiger partial charge on any atom is 0.269 e. The molecule has 3 rings (SSSR count). The van der Waals surface area contributed by atoms with Gasteiger partial charge in [0, 0.05) is 29.9 Å². The molecule has 1 heterocycles. The molecule has 0 aliphatic carbocycles. The Kier molecular flexibility index (Phi) is 5.15. The fourth-order valence-corrected chi connectivity index (χ4v) is 3.87. The molecule has 0 atom stereocenters. The average molecular weight is 413 g/mol. The van der Waals surface area contributed by atoms with Crippen LogP contribution in [0.2, 0.25) is 0 Å². The lowest BCUT2D eigenvalue weighted by atomic mass is 9.99. The van der Waals surface area contributed by atoms with Gasteiger partial charge in [-0.1, -0.05) is 0 Å². The highest BCUT2D eigenvalue weighted by Gasteiger charge is 2.38. The molecule has 0 fully saturated rings. The number of hydrogen-bond donors (Lipinski definition) is 0. The fraction of sp³-hybridized carbons (Fsp3) is 0.190. The van der Waals surface area contributed by atoms with E-state index in [1.165, 1.54) is 45.2 Å². The SMILES string of the molecule is COC(=C1C(=O)N(C(C)=O)c2ccc(C(C)=O)cc21)c1ccc(S(C)(=O)=O)cc1. The monoisotopic (exact) mass is 413 g/mol. The average Bonchev–Trinajstić information content (AvgIpc) is 2.94. The topological polar surface area (TPSA) is 97.8 Å². The molecule has 7 nitrogen and oxygen atoms in total. The molecular weight excluding hydrogens is 394 g/mol. The van der Waals surface area contributed by atoms with E-state index in [9.17, 15) is 22.8 Å². The normalized spacial score (nSPS) is 15.2. The van der Waals surface area contributed by atoms with Crippen LogP contribution < -0.4 is 4.90 Å². The molecule has 0 saturated carbocycles. The van der Waals surface area contributed by atoms with Crippen molar-refractivity contribution in [3.63, 3.8) is 0 Å². The molecule has 150 valence electrons. The standard InChI is InChI=1S/C21H19NO6S/c1-12(23)15-7-10-18-17(11-15)19(21(25)22(18)13(2)24)20(28-3)14-5-8-16(9-6-14)29(4,26)27/h5-11H,1-4H3. The van der Waals surface area contributed by atoms with E-state index in [-0.39, 0.29) is 22.0 Å². The molecule has 0 N–H and O–H groups in total. The summed E-state index contributed by atoms with van der Waals surface area (Å²) < 4.78 is 28.9. The van der Waals surface area contributed by atoms with E-state index in [4.69, 9.17) is 4.74 Å². The molecule has 8 heteroatoms. The number of rotatable bonds is 4. The summed E-state index contributed by atoms with van der Waals surface area (Å²) >= 11 is 0.